The summed E-state index contributed by atoms with van der Waals surface area (Å²) in [6, 6.07) is 8.48. The van der Waals surface area contributed by atoms with E-state index in [1.54, 1.807) is 16.3 Å². The predicted molar refractivity (Wildman–Crippen MR) is 108 cm³/mol. The molecule has 0 bridgehead atoms. The lowest BCUT2D eigenvalue weighted by Gasteiger charge is -2.20. The van der Waals surface area contributed by atoms with Gasteiger partial charge < -0.3 is 5.11 Å². The molecule has 0 amide bonds. The van der Waals surface area contributed by atoms with Crippen molar-refractivity contribution in [3.63, 3.8) is 0 Å². The van der Waals surface area contributed by atoms with Gasteiger partial charge in [-0.25, -0.2) is 14.3 Å². The molecule has 27 heavy (non-hydrogen) atoms. The highest BCUT2D eigenvalue weighted by Crippen LogP contribution is 2.37. The molecular formula is C21H23N3O2S. The first-order valence-electron chi connectivity index (χ1n) is 9.43. The van der Waals surface area contributed by atoms with Crippen LogP contribution in [0.4, 0.5) is 0 Å². The number of benzene rings is 1. The summed E-state index contributed by atoms with van der Waals surface area (Å²) in [4.78, 5) is 17.2. The number of rotatable bonds is 4. The van der Waals surface area contributed by atoms with Gasteiger partial charge in [-0.2, -0.15) is 5.10 Å². The number of hydrogen-bond acceptors (Lipinski definition) is 4. The lowest BCUT2D eigenvalue weighted by atomic mass is 9.91. The van der Waals surface area contributed by atoms with Crippen molar-refractivity contribution >= 4 is 23.4 Å². The van der Waals surface area contributed by atoms with Gasteiger partial charge in [-0.1, -0.05) is 37.8 Å². The normalized spacial score (nSPS) is 15.7. The third kappa shape index (κ3) is 3.46. The largest absolute Gasteiger partial charge is 0.477 e. The van der Waals surface area contributed by atoms with Gasteiger partial charge in [0.1, 0.15) is 5.56 Å². The van der Waals surface area contributed by atoms with Gasteiger partial charge in [0.25, 0.3) is 0 Å². The van der Waals surface area contributed by atoms with Crippen LogP contribution in [0, 0.1) is 0 Å². The Bertz CT molecular complexity index is 957. The SMILES string of the molecule is CSc1ccc(-c2cnc3c(C(=O)O)cnn3c2C2CCCCCC2)cc1. The number of aromatic nitrogens is 3. The maximum absolute atomic E-state index is 11.5. The predicted octanol–water partition coefficient (Wildman–Crippen LogP) is 5.25. The van der Waals surface area contributed by atoms with Crippen LogP contribution in [0.1, 0.15) is 60.5 Å². The van der Waals surface area contributed by atoms with Crippen molar-refractivity contribution in [3.8, 4) is 11.1 Å². The van der Waals surface area contributed by atoms with Crippen molar-refractivity contribution in [2.45, 2.75) is 49.3 Å². The van der Waals surface area contributed by atoms with E-state index in [1.807, 2.05) is 6.20 Å². The molecule has 0 atom stereocenters. The van der Waals surface area contributed by atoms with Crippen LogP contribution in [-0.2, 0) is 0 Å². The van der Waals surface area contributed by atoms with E-state index in [9.17, 15) is 9.90 Å². The number of carboxylic acid groups (broad SMARTS) is 1. The van der Waals surface area contributed by atoms with Crippen molar-refractivity contribution < 1.29 is 9.90 Å². The van der Waals surface area contributed by atoms with E-state index in [-0.39, 0.29) is 5.56 Å². The fraction of sp³-hybridized carbons (Fsp3) is 0.381. The minimum absolute atomic E-state index is 0.161. The second kappa shape index (κ2) is 7.72. The van der Waals surface area contributed by atoms with E-state index in [1.165, 1.54) is 36.8 Å². The molecule has 1 aliphatic carbocycles. The lowest BCUT2D eigenvalue weighted by molar-refractivity contribution is 0.0698. The Kier molecular flexibility index (Phi) is 5.16. The molecule has 1 aliphatic rings. The van der Waals surface area contributed by atoms with Crippen LogP contribution in [0.15, 0.2) is 41.6 Å². The maximum atomic E-state index is 11.5. The summed E-state index contributed by atoms with van der Waals surface area (Å²) >= 11 is 1.72. The summed E-state index contributed by atoms with van der Waals surface area (Å²) in [6.07, 6.45) is 12.5. The molecule has 6 heteroatoms. The third-order valence-corrected chi connectivity index (χ3v) is 6.18. The maximum Gasteiger partial charge on any atom is 0.341 e. The number of hydrogen-bond donors (Lipinski definition) is 1. The lowest BCUT2D eigenvalue weighted by Crippen LogP contribution is -2.10. The van der Waals surface area contributed by atoms with Gasteiger partial charge in [0.2, 0.25) is 0 Å². The Balaban J connectivity index is 1.91. The Morgan fingerprint density at radius 3 is 2.44 bits per heavy atom. The van der Waals surface area contributed by atoms with Crippen LogP contribution in [0.2, 0.25) is 0 Å². The molecule has 1 fully saturated rings. The standard InChI is InChI=1S/C21H23N3O2S/c1-27-16-10-8-14(9-11-16)17-12-22-20-18(21(25)26)13-23-24(20)19(17)15-6-4-2-3-5-7-15/h8-13,15H,2-7H2,1H3,(H,25,26). The number of thioether (sulfide) groups is 1. The summed E-state index contributed by atoms with van der Waals surface area (Å²) in [5.41, 5.74) is 3.86. The van der Waals surface area contributed by atoms with Crippen molar-refractivity contribution in [1.29, 1.82) is 0 Å². The molecule has 0 spiro atoms. The zero-order valence-corrected chi connectivity index (χ0v) is 16.2. The summed E-state index contributed by atoms with van der Waals surface area (Å²) in [5, 5.41) is 13.9. The summed E-state index contributed by atoms with van der Waals surface area (Å²) in [6.45, 7) is 0. The second-order valence-electron chi connectivity index (χ2n) is 7.07. The fourth-order valence-corrected chi connectivity index (χ4v) is 4.45. The summed E-state index contributed by atoms with van der Waals surface area (Å²) in [5.74, 6) is -0.615. The van der Waals surface area contributed by atoms with Gasteiger partial charge >= 0.3 is 5.97 Å². The van der Waals surface area contributed by atoms with Crippen molar-refractivity contribution in [2.75, 3.05) is 6.26 Å². The average molecular weight is 382 g/mol. The first-order valence-corrected chi connectivity index (χ1v) is 10.7. The van der Waals surface area contributed by atoms with Crippen molar-refractivity contribution in [2.24, 2.45) is 0 Å². The van der Waals surface area contributed by atoms with Crippen molar-refractivity contribution in [1.82, 2.24) is 14.6 Å². The molecule has 1 saturated carbocycles. The zero-order valence-electron chi connectivity index (χ0n) is 15.4. The highest BCUT2D eigenvalue weighted by molar-refractivity contribution is 7.98. The molecule has 0 radical (unpaired) electrons. The Morgan fingerprint density at radius 2 is 1.81 bits per heavy atom. The molecule has 2 aromatic heterocycles. The highest BCUT2D eigenvalue weighted by atomic mass is 32.2. The molecule has 1 N–H and O–H groups in total. The molecule has 0 aliphatic heterocycles. The minimum Gasteiger partial charge on any atom is -0.477 e. The van der Waals surface area contributed by atoms with E-state index < -0.39 is 5.97 Å². The summed E-state index contributed by atoms with van der Waals surface area (Å²) < 4.78 is 1.78. The van der Waals surface area contributed by atoms with Gasteiger partial charge in [0.05, 0.1) is 11.9 Å². The van der Waals surface area contributed by atoms with Gasteiger partial charge in [-0.15, -0.1) is 11.8 Å². The Hall–Kier alpha value is -2.34. The van der Waals surface area contributed by atoms with Crippen LogP contribution in [0.3, 0.4) is 0 Å². The van der Waals surface area contributed by atoms with E-state index in [0.29, 0.717) is 11.6 Å². The highest BCUT2D eigenvalue weighted by Gasteiger charge is 2.24. The third-order valence-electron chi connectivity index (χ3n) is 5.44. The molecule has 4 rings (SSSR count). The minimum atomic E-state index is -0.985. The topological polar surface area (TPSA) is 67.5 Å². The molecule has 0 unspecified atom stereocenters. The smallest absolute Gasteiger partial charge is 0.341 e. The van der Waals surface area contributed by atoms with E-state index in [0.717, 1.165) is 29.7 Å². The van der Waals surface area contributed by atoms with Crippen LogP contribution in [0.25, 0.3) is 16.8 Å². The quantitative estimate of drug-likeness (QED) is 0.493. The molecular weight excluding hydrogens is 358 g/mol. The van der Waals surface area contributed by atoms with E-state index in [4.69, 9.17) is 0 Å². The number of carbonyl (C=O) groups is 1. The van der Waals surface area contributed by atoms with Gasteiger partial charge in [-0.3, -0.25) is 0 Å². The number of fused-ring (bicyclic) bond motifs is 1. The zero-order chi connectivity index (χ0) is 18.8. The summed E-state index contributed by atoms with van der Waals surface area (Å²) in [7, 11) is 0. The van der Waals surface area contributed by atoms with Crippen LogP contribution < -0.4 is 0 Å². The first-order chi connectivity index (χ1) is 13.2. The molecule has 2 heterocycles. The molecule has 3 aromatic rings. The van der Waals surface area contributed by atoms with Crippen LogP contribution in [0.5, 0.6) is 0 Å². The van der Waals surface area contributed by atoms with Crippen molar-refractivity contribution in [3.05, 3.63) is 47.9 Å². The first kappa shape index (κ1) is 18.0. The number of aromatic carboxylic acids is 1. The molecule has 0 saturated heterocycles. The molecule has 1 aromatic carbocycles. The number of carboxylic acids is 1. The molecule has 140 valence electrons. The Morgan fingerprint density at radius 1 is 1.11 bits per heavy atom. The fourth-order valence-electron chi connectivity index (χ4n) is 4.04. The van der Waals surface area contributed by atoms with E-state index in [2.05, 4.69) is 40.6 Å². The van der Waals surface area contributed by atoms with Crippen LogP contribution in [-0.4, -0.2) is 31.9 Å². The Labute approximate surface area is 162 Å². The molecule has 5 nitrogen and oxygen atoms in total. The average Bonchev–Trinajstić information content (AvgIpc) is 2.95. The van der Waals surface area contributed by atoms with Gasteiger partial charge in [-0.05, 0) is 36.8 Å². The van der Waals surface area contributed by atoms with Gasteiger partial charge in [0.15, 0.2) is 5.65 Å². The van der Waals surface area contributed by atoms with E-state index >= 15 is 0 Å². The monoisotopic (exact) mass is 381 g/mol. The van der Waals surface area contributed by atoms with Gasteiger partial charge in [0, 0.05) is 22.6 Å². The van der Waals surface area contributed by atoms with Crippen LogP contribution >= 0.6 is 11.8 Å². The number of nitrogens with zero attached hydrogens (tertiary/aromatic N) is 3. The second-order valence-corrected chi connectivity index (χ2v) is 7.95.